The van der Waals surface area contributed by atoms with Crippen LogP contribution in [0.3, 0.4) is 0 Å². The number of benzene rings is 4. The van der Waals surface area contributed by atoms with Crippen LogP contribution in [-0.4, -0.2) is 20.5 Å². The highest BCUT2D eigenvalue weighted by molar-refractivity contribution is 8.18. The molecule has 5 heteroatoms. The summed E-state index contributed by atoms with van der Waals surface area (Å²) in [6, 6.07) is 38.7. The van der Waals surface area contributed by atoms with Gasteiger partial charge >= 0.3 is 0 Å². The molecule has 0 radical (unpaired) electrons. The molecule has 1 amide bonds. The predicted molar refractivity (Wildman–Crippen MR) is 163 cm³/mol. The highest BCUT2D eigenvalue weighted by atomic mass is 32.2. The number of aliphatic imine (C=N–C) groups is 1. The SMILES string of the molecule is Cc1c(/C=C2/SC(=Nc3ccccc3)N([C@H](C)c3ccccc3)C2=O)c2ccccc2n1Cc1ccccc1. The van der Waals surface area contributed by atoms with Crippen molar-refractivity contribution in [3.8, 4) is 0 Å². The van der Waals surface area contributed by atoms with E-state index in [0.29, 0.717) is 10.1 Å². The summed E-state index contributed by atoms with van der Waals surface area (Å²) in [7, 11) is 0. The van der Waals surface area contributed by atoms with Crippen LogP contribution in [0.1, 0.15) is 35.3 Å². The van der Waals surface area contributed by atoms with E-state index in [1.54, 1.807) is 0 Å². The number of amidine groups is 1. The van der Waals surface area contributed by atoms with Gasteiger partial charge in [-0.15, -0.1) is 0 Å². The number of nitrogens with zero attached hydrogens (tertiary/aromatic N) is 3. The summed E-state index contributed by atoms with van der Waals surface area (Å²) in [5.41, 5.74) is 6.52. The fourth-order valence-electron chi connectivity index (χ4n) is 5.14. The predicted octanol–water partition coefficient (Wildman–Crippen LogP) is 8.36. The minimum absolute atomic E-state index is 0.0228. The third-order valence-corrected chi connectivity index (χ3v) is 8.21. The van der Waals surface area contributed by atoms with E-state index in [4.69, 9.17) is 4.99 Å². The lowest BCUT2D eigenvalue weighted by Crippen LogP contribution is -2.32. The van der Waals surface area contributed by atoms with Gasteiger partial charge in [0.05, 0.1) is 16.6 Å². The molecule has 1 saturated heterocycles. The highest BCUT2D eigenvalue weighted by Crippen LogP contribution is 2.40. The number of hydrogen-bond acceptors (Lipinski definition) is 3. The van der Waals surface area contributed by atoms with Crippen LogP contribution >= 0.6 is 11.8 Å². The lowest BCUT2D eigenvalue weighted by molar-refractivity contribution is -0.123. The van der Waals surface area contributed by atoms with Gasteiger partial charge in [-0.2, -0.15) is 0 Å². The van der Waals surface area contributed by atoms with E-state index in [-0.39, 0.29) is 11.9 Å². The van der Waals surface area contributed by atoms with Crippen molar-refractivity contribution in [3.05, 3.63) is 143 Å². The Morgan fingerprint density at radius 3 is 2.15 bits per heavy atom. The van der Waals surface area contributed by atoms with Gasteiger partial charge in [-0.3, -0.25) is 9.69 Å². The van der Waals surface area contributed by atoms with Crippen LogP contribution in [0.4, 0.5) is 5.69 Å². The number of aromatic nitrogens is 1. The Bertz CT molecular complexity index is 1690. The largest absolute Gasteiger partial charge is 0.340 e. The molecule has 4 nitrogen and oxygen atoms in total. The van der Waals surface area contributed by atoms with E-state index in [1.165, 1.54) is 17.3 Å². The molecule has 0 N–H and O–H groups in total. The number of fused-ring (bicyclic) bond motifs is 1. The maximum absolute atomic E-state index is 14.0. The maximum Gasteiger partial charge on any atom is 0.267 e. The molecule has 192 valence electrons. The second-order valence-corrected chi connectivity index (χ2v) is 10.7. The van der Waals surface area contributed by atoms with Crippen molar-refractivity contribution < 1.29 is 4.79 Å². The summed E-state index contributed by atoms with van der Waals surface area (Å²) in [6.07, 6.45) is 2.06. The molecule has 1 fully saturated rings. The summed E-state index contributed by atoms with van der Waals surface area (Å²) in [5, 5.41) is 1.84. The number of amides is 1. The lowest BCUT2D eigenvalue weighted by Gasteiger charge is -2.24. The molecule has 0 bridgehead atoms. The zero-order valence-electron chi connectivity index (χ0n) is 22.0. The van der Waals surface area contributed by atoms with Crippen LogP contribution in [0.15, 0.2) is 125 Å². The number of para-hydroxylation sites is 2. The van der Waals surface area contributed by atoms with Crippen molar-refractivity contribution in [1.29, 1.82) is 0 Å². The average Bonchev–Trinajstić information content (AvgIpc) is 3.42. The summed E-state index contributed by atoms with van der Waals surface area (Å²) in [6.45, 7) is 4.98. The van der Waals surface area contributed by atoms with Crippen LogP contribution in [0.5, 0.6) is 0 Å². The minimum atomic E-state index is -0.153. The van der Waals surface area contributed by atoms with Gasteiger partial charge in [0.25, 0.3) is 5.91 Å². The van der Waals surface area contributed by atoms with E-state index in [1.807, 2.05) is 59.5 Å². The summed E-state index contributed by atoms with van der Waals surface area (Å²) >= 11 is 1.45. The first kappa shape index (κ1) is 25.0. The molecule has 1 aliphatic rings. The Morgan fingerprint density at radius 2 is 1.44 bits per heavy atom. The van der Waals surface area contributed by atoms with Crippen LogP contribution in [0, 0.1) is 6.92 Å². The second kappa shape index (κ2) is 10.8. The number of carbonyl (C=O) groups excluding carboxylic acids is 1. The molecule has 0 unspecified atom stereocenters. The fourth-order valence-corrected chi connectivity index (χ4v) is 6.19. The number of rotatable bonds is 6. The lowest BCUT2D eigenvalue weighted by atomic mass is 10.1. The quantitative estimate of drug-likeness (QED) is 0.208. The summed E-state index contributed by atoms with van der Waals surface area (Å²) in [4.78, 5) is 21.4. The molecule has 4 aromatic carbocycles. The summed E-state index contributed by atoms with van der Waals surface area (Å²) < 4.78 is 2.34. The van der Waals surface area contributed by atoms with Gasteiger partial charge in [0.15, 0.2) is 5.17 Å². The molecular formula is C34H29N3OS. The average molecular weight is 528 g/mol. The Labute approximate surface area is 233 Å². The molecule has 1 atom stereocenters. The van der Waals surface area contributed by atoms with Crippen molar-refractivity contribution in [1.82, 2.24) is 9.47 Å². The molecule has 1 aromatic heterocycles. The van der Waals surface area contributed by atoms with E-state index < -0.39 is 0 Å². The number of thioether (sulfide) groups is 1. The van der Waals surface area contributed by atoms with Crippen molar-refractivity contribution >= 4 is 45.5 Å². The van der Waals surface area contributed by atoms with Crippen LogP contribution in [0.25, 0.3) is 17.0 Å². The van der Waals surface area contributed by atoms with Crippen molar-refractivity contribution in [2.45, 2.75) is 26.4 Å². The van der Waals surface area contributed by atoms with Crippen LogP contribution < -0.4 is 0 Å². The molecule has 6 rings (SSSR count). The highest BCUT2D eigenvalue weighted by Gasteiger charge is 2.37. The first-order chi connectivity index (χ1) is 19.1. The number of carbonyl (C=O) groups is 1. The monoisotopic (exact) mass is 527 g/mol. The molecule has 0 saturated carbocycles. The minimum Gasteiger partial charge on any atom is -0.340 e. The molecule has 0 spiro atoms. The molecule has 39 heavy (non-hydrogen) atoms. The maximum atomic E-state index is 14.0. The van der Waals surface area contributed by atoms with Gasteiger partial charge in [-0.25, -0.2) is 4.99 Å². The van der Waals surface area contributed by atoms with E-state index in [9.17, 15) is 4.79 Å². The number of hydrogen-bond donors (Lipinski definition) is 0. The first-order valence-corrected chi connectivity index (χ1v) is 14.0. The zero-order chi connectivity index (χ0) is 26.8. The Hall–Kier alpha value is -4.35. The van der Waals surface area contributed by atoms with Gasteiger partial charge in [0.2, 0.25) is 0 Å². The van der Waals surface area contributed by atoms with Crippen molar-refractivity contribution in [2.24, 2.45) is 4.99 Å². The van der Waals surface area contributed by atoms with Gasteiger partial charge in [0.1, 0.15) is 0 Å². The van der Waals surface area contributed by atoms with Crippen LogP contribution in [-0.2, 0) is 11.3 Å². The normalized spacial score (nSPS) is 16.5. The van der Waals surface area contributed by atoms with E-state index >= 15 is 0 Å². The molecular weight excluding hydrogens is 498 g/mol. The van der Waals surface area contributed by atoms with E-state index in [0.717, 1.165) is 40.0 Å². The van der Waals surface area contributed by atoms with Gasteiger partial charge in [0, 0.05) is 28.7 Å². The smallest absolute Gasteiger partial charge is 0.267 e. The fraction of sp³-hybridized carbons (Fsp3) is 0.118. The zero-order valence-corrected chi connectivity index (χ0v) is 22.8. The van der Waals surface area contributed by atoms with Gasteiger partial charge in [-0.05, 0) is 61.0 Å². The Kier molecular flexibility index (Phi) is 6.91. The molecule has 1 aliphatic heterocycles. The Balaban J connectivity index is 1.44. The third-order valence-electron chi connectivity index (χ3n) is 7.23. The molecule has 0 aliphatic carbocycles. The molecule has 5 aromatic rings. The van der Waals surface area contributed by atoms with Crippen molar-refractivity contribution in [3.63, 3.8) is 0 Å². The third kappa shape index (κ3) is 4.93. The Morgan fingerprint density at radius 1 is 0.821 bits per heavy atom. The standard InChI is InChI=1S/C34H29N3OS/c1-24(27-16-8-4-9-17-27)37-33(38)32(39-34(37)35-28-18-10-5-11-19-28)22-30-25(2)36(23-26-14-6-3-7-15-26)31-21-13-12-20-29(30)31/h3-22,24H,23H2,1-2H3/b32-22+,35-34?/t24-/m1/s1. The van der Waals surface area contributed by atoms with Gasteiger partial charge < -0.3 is 4.57 Å². The second-order valence-electron chi connectivity index (χ2n) is 9.69. The molecule has 2 heterocycles. The van der Waals surface area contributed by atoms with Crippen molar-refractivity contribution in [2.75, 3.05) is 0 Å². The van der Waals surface area contributed by atoms with Crippen LogP contribution in [0.2, 0.25) is 0 Å². The topological polar surface area (TPSA) is 37.6 Å². The first-order valence-electron chi connectivity index (χ1n) is 13.1. The van der Waals surface area contributed by atoms with E-state index in [2.05, 4.69) is 85.2 Å². The van der Waals surface area contributed by atoms with Gasteiger partial charge in [-0.1, -0.05) is 97.1 Å². The summed E-state index contributed by atoms with van der Waals surface area (Å²) in [5.74, 6) is -0.0228.